The Morgan fingerprint density at radius 3 is 2.56 bits per heavy atom. The molecule has 0 N–H and O–H groups in total. The molecule has 0 aliphatic carbocycles. The van der Waals surface area contributed by atoms with Gasteiger partial charge in [0.1, 0.15) is 11.4 Å². The molecule has 3 aromatic rings. The molecular weight excluding hydrogens is 439 g/mol. The van der Waals surface area contributed by atoms with Gasteiger partial charge in [0.05, 0.1) is 6.20 Å². The van der Waals surface area contributed by atoms with Gasteiger partial charge in [-0.3, -0.25) is 9.97 Å². The van der Waals surface area contributed by atoms with Gasteiger partial charge >= 0.3 is 3.93 Å². The van der Waals surface area contributed by atoms with Crippen molar-refractivity contribution >= 4 is 25.2 Å². The van der Waals surface area contributed by atoms with Crippen LogP contribution in [0.4, 0.5) is 8.78 Å². The van der Waals surface area contributed by atoms with Gasteiger partial charge in [-0.15, -0.1) is 0 Å². The molecule has 7 heteroatoms. The largest absolute Gasteiger partial charge is 0.437 e. The average Bonchev–Trinajstić information content (AvgIpc) is 2.63. The van der Waals surface area contributed by atoms with E-state index in [0.29, 0.717) is 11.6 Å². The number of halogens is 3. The quantitative estimate of drug-likeness (QED) is 0.399. The van der Waals surface area contributed by atoms with E-state index < -0.39 is 24.7 Å². The van der Waals surface area contributed by atoms with Crippen LogP contribution < -0.4 is 4.74 Å². The monoisotopic (exact) mass is 453 g/mol. The predicted molar refractivity (Wildman–Crippen MR) is 102 cm³/mol. The lowest BCUT2D eigenvalue weighted by atomic mass is 10.0. The summed E-state index contributed by atoms with van der Waals surface area (Å²) in [6, 6.07) is 8.29. The summed E-state index contributed by atoms with van der Waals surface area (Å²) in [5.74, 6) is 0.702. The number of nitrogens with zero attached hydrogens (tertiary/aromatic N) is 3. The standard InChI is InChI=1S/C18H14F2IN3O/c1-12-7-9-22-11-15(12)14-4-3-8-23-17(14)25-13-5-6-16(24-10-13)18(19,20)21-2/h3-11H,2H2,1H3. The highest BCUT2D eigenvalue weighted by Gasteiger charge is 2.29. The third-order valence-electron chi connectivity index (χ3n) is 3.51. The summed E-state index contributed by atoms with van der Waals surface area (Å²) in [6.07, 6.45) is 6.33. The van der Waals surface area contributed by atoms with Crippen LogP contribution in [-0.2, 0) is 3.93 Å². The maximum Gasteiger partial charge on any atom is 0.332 e. The van der Waals surface area contributed by atoms with E-state index in [0.717, 1.165) is 16.7 Å². The molecule has 0 atom stereocenters. The lowest BCUT2D eigenvalue weighted by Gasteiger charge is -2.13. The molecule has 3 rings (SSSR count). The zero-order valence-electron chi connectivity index (χ0n) is 13.3. The van der Waals surface area contributed by atoms with Gasteiger partial charge in [-0.05, 0) is 63.5 Å². The van der Waals surface area contributed by atoms with Gasteiger partial charge < -0.3 is 4.74 Å². The van der Waals surface area contributed by atoms with Crippen LogP contribution in [0.5, 0.6) is 11.6 Å². The molecule has 0 aliphatic heterocycles. The second kappa shape index (κ2) is 7.30. The van der Waals surface area contributed by atoms with E-state index in [9.17, 15) is 8.78 Å². The molecule has 0 aliphatic rings. The van der Waals surface area contributed by atoms with Gasteiger partial charge in [-0.25, -0.2) is 4.98 Å². The highest BCUT2D eigenvalue weighted by molar-refractivity contribution is 14.2. The number of ether oxygens (including phenoxy) is 1. The first-order chi connectivity index (χ1) is 12.0. The van der Waals surface area contributed by atoms with E-state index in [1.807, 2.05) is 19.1 Å². The maximum absolute atomic E-state index is 13.6. The Kier molecular flexibility index (Phi) is 5.12. The Morgan fingerprint density at radius 1 is 1.04 bits per heavy atom. The molecule has 0 amide bonds. The second-order valence-electron chi connectivity index (χ2n) is 5.16. The summed E-state index contributed by atoms with van der Waals surface area (Å²) in [7, 11) is 0. The molecule has 4 nitrogen and oxygen atoms in total. The second-order valence-corrected chi connectivity index (χ2v) is 7.28. The van der Waals surface area contributed by atoms with Crippen LogP contribution in [0, 0.1) is 6.92 Å². The fraction of sp³-hybridized carbons (Fsp3) is 0.111. The Labute approximate surface area is 153 Å². The molecule has 0 radical (unpaired) electrons. The zero-order chi connectivity index (χ0) is 17.9. The van der Waals surface area contributed by atoms with Crippen molar-refractivity contribution in [3.8, 4) is 22.8 Å². The number of hydrogen-bond donors (Lipinski definition) is 0. The SMILES string of the molecule is C=IC(F)(F)c1ccc(Oc2ncccc2-c2cnccc2C)cn1. The predicted octanol–water partition coefficient (Wildman–Crippen LogP) is 5.09. The van der Waals surface area contributed by atoms with Gasteiger partial charge in [-0.2, -0.15) is 8.78 Å². The third kappa shape index (κ3) is 3.87. The summed E-state index contributed by atoms with van der Waals surface area (Å²) in [4.78, 5) is 12.2. The van der Waals surface area contributed by atoms with Crippen molar-refractivity contribution in [2.24, 2.45) is 0 Å². The minimum atomic E-state index is -2.94. The number of rotatable bonds is 5. The number of aromatic nitrogens is 3. The van der Waals surface area contributed by atoms with Gasteiger partial charge in [0, 0.05) is 29.7 Å². The fourth-order valence-electron chi connectivity index (χ4n) is 2.21. The molecule has 0 spiro atoms. The molecule has 0 aromatic carbocycles. The van der Waals surface area contributed by atoms with Crippen molar-refractivity contribution < 1.29 is 13.5 Å². The van der Waals surface area contributed by atoms with E-state index in [2.05, 4.69) is 19.5 Å². The fourth-order valence-corrected chi connectivity index (χ4v) is 2.92. The summed E-state index contributed by atoms with van der Waals surface area (Å²) in [5.41, 5.74) is 2.40. The summed E-state index contributed by atoms with van der Waals surface area (Å²) in [5, 5.41) is 0. The van der Waals surface area contributed by atoms with E-state index in [1.54, 1.807) is 24.7 Å². The first-order valence-corrected chi connectivity index (χ1v) is 9.89. The Bertz CT molecular complexity index is 901. The molecule has 0 bridgehead atoms. The van der Waals surface area contributed by atoms with Crippen molar-refractivity contribution in [3.05, 3.63) is 66.4 Å². The lowest BCUT2D eigenvalue weighted by Crippen LogP contribution is -2.06. The van der Waals surface area contributed by atoms with Crippen LogP contribution in [0.2, 0.25) is 0 Å². The first kappa shape index (κ1) is 17.5. The van der Waals surface area contributed by atoms with Crippen LogP contribution >= 0.6 is 20.7 Å². The smallest absolute Gasteiger partial charge is 0.332 e. The van der Waals surface area contributed by atoms with Gasteiger partial charge in [0.2, 0.25) is 5.88 Å². The van der Waals surface area contributed by atoms with Crippen LogP contribution in [-0.4, -0.2) is 19.5 Å². The average molecular weight is 453 g/mol. The number of hydrogen-bond acceptors (Lipinski definition) is 4. The van der Waals surface area contributed by atoms with E-state index in [1.165, 1.54) is 18.3 Å². The van der Waals surface area contributed by atoms with Gasteiger partial charge in [0.15, 0.2) is 0 Å². The highest BCUT2D eigenvalue weighted by Crippen LogP contribution is 2.38. The van der Waals surface area contributed by atoms with Crippen LogP contribution in [0.3, 0.4) is 0 Å². The number of aryl methyl sites for hydroxylation is 1. The van der Waals surface area contributed by atoms with Crippen LogP contribution in [0.1, 0.15) is 11.3 Å². The van der Waals surface area contributed by atoms with Gasteiger partial charge in [-0.1, -0.05) is 4.51 Å². The van der Waals surface area contributed by atoms with E-state index in [-0.39, 0.29) is 5.69 Å². The molecule has 0 unspecified atom stereocenters. The molecule has 0 fully saturated rings. The molecule has 3 heterocycles. The Hall–Kier alpha value is -2.29. The summed E-state index contributed by atoms with van der Waals surface area (Å²) >= 11 is -1.52. The van der Waals surface area contributed by atoms with Crippen LogP contribution in [0.15, 0.2) is 55.1 Å². The molecule has 25 heavy (non-hydrogen) atoms. The van der Waals surface area contributed by atoms with Crippen molar-refractivity contribution in [3.63, 3.8) is 0 Å². The Morgan fingerprint density at radius 2 is 1.88 bits per heavy atom. The molecular formula is C18H14F2IN3O. The summed E-state index contributed by atoms with van der Waals surface area (Å²) in [6.45, 7) is 1.97. The van der Waals surface area contributed by atoms with Crippen molar-refractivity contribution in [1.29, 1.82) is 0 Å². The Balaban J connectivity index is 1.92. The number of alkyl halides is 3. The lowest BCUT2D eigenvalue weighted by molar-refractivity contribution is 0.122. The minimum Gasteiger partial charge on any atom is -0.437 e. The summed E-state index contributed by atoms with van der Waals surface area (Å²) < 4.78 is 33.4. The number of pyridine rings is 3. The topological polar surface area (TPSA) is 47.9 Å². The van der Waals surface area contributed by atoms with Crippen molar-refractivity contribution in [1.82, 2.24) is 15.0 Å². The third-order valence-corrected chi connectivity index (χ3v) is 5.02. The highest BCUT2D eigenvalue weighted by atomic mass is 127. The van der Waals surface area contributed by atoms with E-state index >= 15 is 0 Å². The minimum absolute atomic E-state index is 0.285. The van der Waals surface area contributed by atoms with Crippen molar-refractivity contribution in [2.45, 2.75) is 10.9 Å². The maximum atomic E-state index is 13.6. The normalized spacial score (nSPS) is 11.3. The van der Waals surface area contributed by atoms with E-state index in [4.69, 9.17) is 4.74 Å². The zero-order valence-corrected chi connectivity index (χ0v) is 15.4. The first-order valence-electron chi connectivity index (χ1n) is 7.29. The van der Waals surface area contributed by atoms with Crippen molar-refractivity contribution in [2.75, 3.05) is 0 Å². The molecule has 3 aromatic heterocycles. The molecule has 0 saturated heterocycles. The van der Waals surface area contributed by atoms with Gasteiger partial charge in [0.25, 0.3) is 0 Å². The molecule has 0 saturated carbocycles. The molecule has 128 valence electrons. The van der Waals surface area contributed by atoms with Crippen LogP contribution in [0.25, 0.3) is 11.1 Å².